The molecule has 3 N–H and O–H groups in total. The predicted molar refractivity (Wildman–Crippen MR) is 43.9 cm³/mol. The molecular formula is C7H14N2O3. The monoisotopic (exact) mass is 174 g/mol. The van der Waals surface area contributed by atoms with E-state index >= 15 is 0 Å². The molecule has 0 heterocycles. The zero-order valence-electron chi connectivity index (χ0n) is 7.09. The highest BCUT2D eigenvalue weighted by molar-refractivity contribution is 5.79. The van der Waals surface area contributed by atoms with Gasteiger partial charge in [0.05, 0.1) is 0 Å². The summed E-state index contributed by atoms with van der Waals surface area (Å²) in [6, 6.07) is -0.425. The SMILES string of the molecule is CCCCNC(=O)NCC(=O)O. The van der Waals surface area contributed by atoms with Gasteiger partial charge in [-0.05, 0) is 6.42 Å². The number of hydrogen-bond acceptors (Lipinski definition) is 2. The average molecular weight is 174 g/mol. The number of carboxylic acids is 1. The summed E-state index contributed by atoms with van der Waals surface area (Å²) in [5.41, 5.74) is 0. The van der Waals surface area contributed by atoms with Crippen LogP contribution in [0, 0.1) is 0 Å². The first-order valence-corrected chi connectivity index (χ1v) is 3.90. The van der Waals surface area contributed by atoms with Crippen molar-refractivity contribution in [1.82, 2.24) is 10.6 Å². The first kappa shape index (κ1) is 10.7. The van der Waals surface area contributed by atoms with E-state index in [0.717, 1.165) is 12.8 Å². The van der Waals surface area contributed by atoms with E-state index in [0.29, 0.717) is 6.54 Å². The molecule has 0 bridgehead atoms. The molecule has 0 rings (SSSR count). The molecule has 0 unspecified atom stereocenters. The lowest BCUT2D eigenvalue weighted by molar-refractivity contribution is -0.135. The summed E-state index contributed by atoms with van der Waals surface area (Å²) in [5.74, 6) is -1.04. The van der Waals surface area contributed by atoms with Gasteiger partial charge >= 0.3 is 12.0 Å². The lowest BCUT2D eigenvalue weighted by atomic mass is 10.3. The van der Waals surface area contributed by atoms with E-state index in [2.05, 4.69) is 10.6 Å². The molecule has 0 aromatic rings. The first-order chi connectivity index (χ1) is 5.66. The maximum absolute atomic E-state index is 10.7. The minimum absolute atomic E-state index is 0.335. The number of hydrogen-bond donors (Lipinski definition) is 3. The molecule has 0 fully saturated rings. The summed E-state index contributed by atoms with van der Waals surface area (Å²) >= 11 is 0. The molecule has 12 heavy (non-hydrogen) atoms. The van der Waals surface area contributed by atoms with E-state index < -0.39 is 12.0 Å². The number of amides is 2. The first-order valence-electron chi connectivity index (χ1n) is 3.90. The normalized spacial score (nSPS) is 9.08. The van der Waals surface area contributed by atoms with E-state index in [-0.39, 0.29) is 6.54 Å². The van der Waals surface area contributed by atoms with Gasteiger partial charge in [-0.15, -0.1) is 0 Å². The minimum Gasteiger partial charge on any atom is -0.480 e. The van der Waals surface area contributed by atoms with Gasteiger partial charge < -0.3 is 15.7 Å². The van der Waals surface area contributed by atoms with Crippen LogP contribution in [0.25, 0.3) is 0 Å². The molecule has 0 aromatic carbocycles. The second kappa shape index (κ2) is 6.45. The minimum atomic E-state index is -1.04. The van der Waals surface area contributed by atoms with Crippen LogP contribution in [0.1, 0.15) is 19.8 Å². The van der Waals surface area contributed by atoms with Gasteiger partial charge in [0, 0.05) is 6.54 Å². The highest BCUT2D eigenvalue weighted by Gasteiger charge is 2.00. The van der Waals surface area contributed by atoms with E-state index in [1.807, 2.05) is 6.92 Å². The molecule has 0 aromatic heterocycles. The number of carbonyl (C=O) groups excluding carboxylic acids is 1. The van der Waals surface area contributed by atoms with Crippen molar-refractivity contribution in [2.45, 2.75) is 19.8 Å². The molecule has 0 spiro atoms. The van der Waals surface area contributed by atoms with Crippen molar-refractivity contribution < 1.29 is 14.7 Å². The van der Waals surface area contributed by atoms with Crippen LogP contribution < -0.4 is 10.6 Å². The van der Waals surface area contributed by atoms with Gasteiger partial charge in [0.2, 0.25) is 0 Å². The summed E-state index contributed by atoms with van der Waals surface area (Å²) in [7, 11) is 0. The third-order valence-electron chi connectivity index (χ3n) is 1.22. The van der Waals surface area contributed by atoms with Gasteiger partial charge in [-0.25, -0.2) is 4.79 Å². The Morgan fingerprint density at radius 1 is 1.33 bits per heavy atom. The number of unbranched alkanes of at least 4 members (excludes halogenated alkanes) is 1. The number of rotatable bonds is 5. The molecular weight excluding hydrogens is 160 g/mol. The molecule has 0 atom stereocenters. The van der Waals surface area contributed by atoms with Crippen LogP contribution in [0.5, 0.6) is 0 Å². The molecule has 0 aliphatic heterocycles. The fourth-order valence-electron chi connectivity index (χ4n) is 0.597. The van der Waals surface area contributed by atoms with Gasteiger partial charge in [0.25, 0.3) is 0 Å². The second-order valence-electron chi connectivity index (χ2n) is 2.36. The van der Waals surface area contributed by atoms with Gasteiger partial charge in [0.15, 0.2) is 0 Å². The van der Waals surface area contributed by atoms with E-state index in [9.17, 15) is 9.59 Å². The van der Waals surface area contributed by atoms with Crippen molar-refractivity contribution in [2.24, 2.45) is 0 Å². The molecule has 0 saturated heterocycles. The molecule has 5 nitrogen and oxygen atoms in total. The van der Waals surface area contributed by atoms with Crippen LogP contribution in [0.3, 0.4) is 0 Å². The average Bonchev–Trinajstić information content (AvgIpc) is 2.01. The topological polar surface area (TPSA) is 78.4 Å². The maximum atomic E-state index is 10.7. The van der Waals surface area contributed by atoms with Crippen molar-refractivity contribution in [3.05, 3.63) is 0 Å². The highest BCUT2D eigenvalue weighted by Crippen LogP contribution is 1.81. The smallest absolute Gasteiger partial charge is 0.323 e. The van der Waals surface area contributed by atoms with E-state index in [1.54, 1.807) is 0 Å². The summed E-state index contributed by atoms with van der Waals surface area (Å²) in [6.45, 7) is 2.26. The highest BCUT2D eigenvalue weighted by atomic mass is 16.4. The molecule has 0 radical (unpaired) electrons. The van der Waals surface area contributed by atoms with E-state index in [4.69, 9.17) is 5.11 Å². The molecule has 0 aliphatic rings. The number of carboxylic acid groups (broad SMARTS) is 1. The molecule has 0 aliphatic carbocycles. The van der Waals surface area contributed by atoms with Gasteiger partial charge in [-0.2, -0.15) is 0 Å². The van der Waals surface area contributed by atoms with Crippen molar-refractivity contribution in [1.29, 1.82) is 0 Å². The van der Waals surface area contributed by atoms with Crippen LogP contribution in [0.2, 0.25) is 0 Å². The van der Waals surface area contributed by atoms with Crippen molar-refractivity contribution >= 4 is 12.0 Å². The standard InChI is InChI=1S/C7H14N2O3/c1-2-3-4-8-7(12)9-5-6(10)11/h2-5H2,1H3,(H,10,11)(H2,8,9,12). The number of nitrogens with one attached hydrogen (secondary N) is 2. The zero-order valence-corrected chi connectivity index (χ0v) is 7.09. The quantitative estimate of drug-likeness (QED) is 0.520. The van der Waals surface area contributed by atoms with Crippen LogP contribution in [-0.4, -0.2) is 30.2 Å². The number of urea groups is 1. The lowest BCUT2D eigenvalue weighted by Gasteiger charge is -2.03. The predicted octanol–water partition coefficient (Wildman–Crippen LogP) is 0.170. The van der Waals surface area contributed by atoms with Gasteiger partial charge in [-0.1, -0.05) is 13.3 Å². The van der Waals surface area contributed by atoms with Gasteiger partial charge in [0.1, 0.15) is 6.54 Å². The largest absolute Gasteiger partial charge is 0.480 e. The zero-order chi connectivity index (χ0) is 9.40. The Hall–Kier alpha value is -1.26. The Bertz CT molecular complexity index is 159. The number of aliphatic carboxylic acids is 1. The number of carbonyl (C=O) groups is 2. The lowest BCUT2D eigenvalue weighted by Crippen LogP contribution is -2.38. The molecule has 2 amide bonds. The van der Waals surface area contributed by atoms with Crippen LogP contribution in [-0.2, 0) is 4.79 Å². The summed E-state index contributed by atoms with van der Waals surface area (Å²) in [5, 5.41) is 12.9. The second-order valence-corrected chi connectivity index (χ2v) is 2.36. The Kier molecular flexibility index (Phi) is 5.77. The maximum Gasteiger partial charge on any atom is 0.323 e. The summed E-state index contributed by atoms with van der Waals surface area (Å²) < 4.78 is 0. The fraction of sp³-hybridized carbons (Fsp3) is 0.714. The Labute approximate surface area is 71.1 Å². The van der Waals surface area contributed by atoms with Crippen molar-refractivity contribution in [3.8, 4) is 0 Å². The Morgan fingerprint density at radius 3 is 2.50 bits per heavy atom. The van der Waals surface area contributed by atoms with Crippen molar-refractivity contribution in [3.63, 3.8) is 0 Å². The van der Waals surface area contributed by atoms with Crippen LogP contribution >= 0.6 is 0 Å². The van der Waals surface area contributed by atoms with Crippen LogP contribution in [0.4, 0.5) is 4.79 Å². The third kappa shape index (κ3) is 6.85. The third-order valence-corrected chi connectivity index (χ3v) is 1.22. The molecule has 0 saturated carbocycles. The summed E-state index contributed by atoms with van der Waals surface area (Å²) in [4.78, 5) is 20.7. The van der Waals surface area contributed by atoms with Crippen molar-refractivity contribution in [2.75, 3.05) is 13.1 Å². The molecule has 5 heteroatoms. The molecule has 70 valence electrons. The van der Waals surface area contributed by atoms with Gasteiger partial charge in [-0.3, -0.25) is 4.79 Å². The van der Waals surface area contributed by atoms with E-state index in [1.165, 1.54) is 0 Å². The summed E-state index contributed by atoms with van der Waals surface area (Å²) in [6.07, 6.45) is 1.90. The van der Waals surface area contributed by atoms with Crippen LogP contribution in [0.15, 0.2) is 0 Å². The Morgan fingerprint density at radius 2 is 2.00 bits per heavy atom. The Balaban J connectivity index is 3.28. The fourth-order valence-corrected chi connectivity index (χ4v) is 0.597.